The van der Waals surface area contributed by atoms with Gasteiger partial charge in [0, 0.05) is 25.7 Å². The Bertz CT molecular complexity index is 295. The molecule has 0 aliphatic rings. The molecule has 3 heteroatoms. The highest BCUT2D eigenvalue weighted by Gasteiger charge is 2.00. The van der Waals surface area contributed by atoms with E-state index in [1.165, 1.54) is 5.69 Å². The quantitative estimate of drug-likeness (QED) is 0.451. The summed E-state index contributed by atoms with van der Waals surface area (Å²) >= 11 is 0. The van der Waals surface area contributed by atoms with Gasteiger partial charge in [-0.2, -0.15) is 0 Å². The summed E-state index contributed by atoms with van der Waals surface area (Å²) in [5, 5.41) is 11.6. The highest BCUT2D eigenvalue weighted by Crippen LogP contribution is 2.10. The first-order valence-electron chi connectivity index (χ1n) is 4.67. The zero-order chi connectivity index (χ0) is 10.4. The molecule has 0 radical (unpaired) electrons. The minimum atomic E-state index is 0.757. The Hall–Kier alpha value is -1.51. The molecular formula is C11H16N2O. The third-order valence-corrected chi connectivity index (χ3v) is 2.18. The molecule has 0 unspecified atom stereocenters. The first-order valence-corrected chi connectivity index (χ1v) is 4.67. The summed E-state index contributed by atoms with van der Waals surface area (Å²) in [5.74, 6) is 0. The number of anilines is 1. The summed E-state index contributed by atoms with van der Waals surface area (Å²) in [4.78, 5) is 2.13. The van der Waals surface area contributed by atoms with Crippen LogP contribution in [0.15, 0.2) is 35.5 Å². The van der Waals surface area contributed by atoms with Crippen molar-refractivity contribution in [2.75, 3.05) is 18.5 Å². The summed E-state index contributed by atoms with van der Waals surface area (Å²) in [7, 11) is 2.03. The minimum Gasteiger partial charge on any atom is -0.411 e. The first kappa shape index (κ1) is 10.6. The van der Waals surface area contributed by atoms with Crippen LogP contribution in [0, 0.1) is 0 Å². The van der Waals surface area contributed by atoms with Crippen LogP contribution in [0.4, 0.5) is 5.69 Å². The van der Waals surface area contributed by atoms with Gasteiger partial charge >= 0.3 is 0 Å². The Labute approximate surface area is 84.7 Å². The molecule has 0 heterocycles. The van der Waals surface area contributed by atoms with Gasteiger partial charge < -0.3 is 10.1 Å². The normalized spacial score (nSPS) is 11.4. The van der Waals surface area contributed by atoms with Crippen molar-refractivity contribution >= 4 is 11.4 Å². The van der Waals surface area contributed by atoms with Crippen LogP contribution < -0.4 is 4.90 Å². The SMILES string of the molecule is C/C(CCN(C)c1ccccc1)=N\O. The molecule has 3 nitrogen and oxygen atoms in total. The van der Waals surface area contributed by atoms with Gasteiger partial charge in [0.25, 0.3) is 0 Å². The van der Waals surface area contributed by atoms with Crippen LogP contribution in [0.5, 0.6) is 0 Å². The van der Waals surface area contributed by atoms with Crippen molar-refractivity contribution in [1.82, 2.24) is 0 Å². The van der Waals surface area contributed by atoms with E-state index >= 15 is 0 Å². The van der Waals surface area contributed by atoms with Gasteiger partial charge in [0.1, 0.15) is 0 Å². The average Bonchev–Trinajstić information content (AvgIpc) is 2.26. The number of benzene rings is 1. The Kier molecular flexibility index (Phi) is 3.98. The molecule has 0 spiro atoms. The fraction of sp³-hybridized carbons (Fsp3) is 0.364. The number of nitrogens with zero attached hydrogens (tertiary/aromatic N) is 2. The number of oxime groups is 1. The Morgan fingerprint density at radius 3 is 2.57 bits per heavy atom. The summed E-state index contributed by atoms with van der Waals surface area (Å²) in [6.45, 7) is 2.68. The van der Waals surface area contributed by atoms with Crippen molar-refractivity contribution in [3.63, 3.8) is 0 Å². The Balaban J connectivity index is 2.47. The molecular weight excluding hydrogens is 176 g/mol. The van der Waals surface area contributed by atoms with Gasteiger partial charge in [-0.15, -0.1) is 0 Å². The van der Waals surface area contributed by atoms with E-state index in [2.05, 4.69) is 22.2 Å². The average molecular weight is 192 g/mol. The summed E-state index contributed by atoms with van der Waals surface area (Å²) in [6.07, 6.45) is 0.780. The van der Waals surface area contributed by atoms with E-state index in [0.717, 1.165) is 18.7 Å². The van der Waals surface area contributed by atoms with Crippen LogP contribution in [0.25, 0.3) is 0 Å². The maximum absolute atomic E-state index is 8.49. The van der Waals surface area contributed by atoms with Crippen LogP contribution in [-0.4, -0.2) is 24.5 Å². The highest BCUT2D eigenvalue weighted by atomic mass is 16.4. The van der Waals surface area contributed by atoms with Crippen molar-refractivity contribution < 1.29 is 5.21 Å². The zero-order valence-electron chi connectivity index (χ0n) is 8.64. The second-order valence-corrected chi connectivity index (χ2v) is 3.34. The maximum Gasteiger partial charge on any atom is 0.0557 e. The lowest BCUT2D eigenvalue weighted by Crippen LogP contribution is -2.20. The van der Waals surface area contributed by atoms with Gasteiger partial charge in [-0.05, 0) is 19.1 Å². The van der Waals surface area contributed by atoms with Crippen LogP contribution in [0.1, 0.15) is 13.3 Å². The summed E-state index contributed by atoms with van der Waals surface area (Å²) in [6, 6.07) is 10.1. The molecule has 0 saturated heterocycles. The first-order chi connectivity index (χ1) is 6.74. The second kappa shape index (κ2) is 5.27. The maximum atomic E-state index is 8.49. The van der Waals surface area contributed by atoms with Crippen molar-refractivity contribution in [3.05, 3.63) is 30.3 Å². The van der Waals surface area contributed by atoms with Crippen LogP contribution >= 0.6 is 0 Å². The van der Waals surface area contributed by atoms with Gasteiger partial charge in [0.05, 0.1) is 5.71 Å². The zero-order valence-corrected chi connectivity index (χ0v) is 8.64. The van der Waals surface area contributed by atoms with Gasteiger partial charge in [0.2, 0.25) is 0 Å². The third kappa shape index (κ3) is 3.09. The molecule has 0 fully saturated rings. The molecule has 76 valence electrons. The van der Waals surface area contributed by atoms with Gasteiger partial charge in [-0.25, -0.2) is 0 Å². The Morgan fingerprint density at radius 2 is 2.00 bits per heavy atom. The minimum absolute atomic E-state index is 0.757. The monoisotopic (exact) mass is 192 g/mol. The number of hydrogen-bond acceptors (Lipinski definition) is 3. The molecule has 1 N–H and O–H groups in total. The molecule has 1 aromatic rings. The number of rotatable bonds is 4. The van der Waals surface area contributed by atoms with Gasteiger partial charge in [-0.3, -0.25) is 0 Å². The lowest BCUT2D eigenvalue weighted by molar-refractivity contribution is 0.317. The predicted octanol–water partition coefficient (Wildman–Crippen LogP) is 2.36. The van der Waals surface area contributed by atoms with Crippen molar-refractivity contribution in [3.8, 4) is 0 Å². The molecule has 0 saturated carbocycles. The van der Waals surface area contributed by atoms with Crippen molar-refractivity contribution in [1.29, 1.82) is 0 Å². The van der Waals surface area contributed by atoms with E-state index in [1.54, 1.807) is 0 Å². The largest absolute Gasteiger partial charge is 0.411 e. The van der Waals surface area contributed by atoms with E-state index in [4.69, 9.17) is 5.21 Å². The second-order valence-electron chi connectivity index (χ2n) is 3.34. The highest BCUT2D eigenvalue weighted by molar-refractivity contribution is 5.81. The topological polar surface area (TPSA) is 35.8 Å². The van der Waals surface area contributed by atoms with Crippen molar-refractivity contribution in [2.24, 2.45) is 5.16 Å². The molecule has 1 aromatic carbocycles. The Morgan fingerprint density at radius 1 is 1.36 bits per heavy atom. The van der Waals surface area contributed by atoms with Crippen LogP contribution in [0.3, 0.4) is 0 Å². The standard InChI is InChI=1S/C11H16N2O/c1-10(12-14)8-9-13(2)11-6-4-3-5-7-11/h3-7,14H,8-9H2,1-2H3/b12-10+. The van der Waals surface area contributed by atoms with Crippen LogP contribution in [-0.2, 0) is 0 Å². The number of para-hydroxylation sites is 1. The fourth-order valence-corrected chi connectivity index (χ4v) is 1.19. The summed E-state index contributed by atoms with van der Waals surface area (Å²) in [5.41, 5.74) is 1.94. The lowest BCUT2D eigenvalue weighted by Gasteiger charge is -2.18. The molecule has 0 aromatic heterocycles. The smallest absolute Gasteiger partial charge is 0.0557 e. The molecule has 0 aliphatic carbocycles. The molecule has 0 bridgehead atoms. The third-order valence-electron chi connectivity index (χ3n) is 2.18. The fourth-order valence-electron chi connectivity index (χ4n) is 1.19. The van der Waals surface area contributed by atoms with Crippen molar-refractivity contribution in [2.45, 2.75) is 13.3 Å². The van der Waals surface area contributed by atoms with Crippen LogP contribution in [0.2, 0.25) is 0 Å². The van der Waals surface area contributed by atoms with E-state index in [-0.39, 0.29) is 0 Å². The lowest BCUT2D eigenvalue weighted by atomic mass is 10.2. The van der Waals surface area contributed by atoms with E-state index in [9.17, 15) is 0 Å². The molecule has 0 atom stereocenters. The van der Waals surface area contributed by atoms with E-state index in [0.29, 0.717) is 0 Å². The van der Waals surface area contributed by atoms with E-state index < -0.39 is 0 Å². The summed E-state index contributed by atoms with van der Waals surface area (Å²) < 4.78 is 0. The van der Waals surface area contributed by atoms with Gasteiger partial charge in [0.15, 0.2) is 0 Å². The molecule has 0 aliphatic heterocycles. The molecule has 1 rings (SSSR count). The molecule has 0 amide bonds. The molecule has 14 heavy (non-hydrogen) atoms. The predicted molar refractivity (Wildman–Crippen MR) is 59.2 cm³/mol. The number of hydrogen-bond donors (Lipinski definition) is 1. The van der Waals surface area contributed by atoms with Gasteiger partial charge in [-0.1, -0.05) is 23.4 Å². The van der Waals surface area contributed by atoms with E-state index in [1.807, 2.05) is 32.2 Å².